The Balaban J connectivity index is 1.48. The maximum Gasteiger partial charge on any atom is 0.617 e. The Morgan fingerprint density at radius 1 is 1.11 bits per heavy atom. The van der Waals surface area contributed by atoms with Gasteiger partial charge in [0.25, 0.3) is 5.91 Å². The SMILES string of the molecule is O=C(CNC(=O)c1cc(Cl)ccc1Br)NCB1OC(=O)c2ccccc2O1. The minimum atomic E-state index is -0.936. The van der Waals surface area contributed by atoms with Crippen LogP contribution in [0.3, 0.4) is 0 Å². The third-order valence-corrected chi connectivity index (χ3v) is 4.58. The van der Waals surface area contributed by atoms with Gasteiger partial charge in [-0.15, -0.1) is 0 Å². The molecule has 0 bridgehead atoms. The van der Waals surface area contributed by atoms with Crippen LogP contribution in [0.5, 0.6) is 5.75 Å². The highest BCUT2D eigenvalue weighted by Crippen LogP contribution is 2.24. The van der Waals surface area contributed by atoms with Crippen LogP contribution in [0.25, 0.3) is 0 Å². The van der Waals surface area contributed by atoms with Crippen molar-refractivity contribution in [3.05, 3.63) is 63.1 Å². The van der Waals surface area contributed by atoms with Crippen LogP contribution in [0.1, 0.15) is 20.7 Å². The lowest BCUT2D eigenvalue weighted by atomic mass is 9.88. The van der Waals surface area contributed by atoms with Gasteiger partial charge < -0.3 is 19.9 Å². The van der Waals surface area contributed by atoms with Gasteiger partial charge in [-0.25, -0.2) is 4.79 Å². The van der Waals surface area contributed by atoms with E-state index in [2.05, 4.69) is 26.6 Å². The summed E-state index contributed by atoms with van der Waals surface area (Å²) in [6.45, 7) is -0.255. The highest BCUT2D eigenvalue weighted by Gasteiger charge is 2.33. The zero-order valence-electron chi connectivity index (χ0n) is 13.8. The van der Waals surface area contributed by atoms with E-state index in [1.807, 2.05) is 0 Å². The lowest BCUT2D eigenvalue weighted by Gasteiger charge is -2.22. The van der Waals surface area contributed by atoms with E-state index in [0.29, 0.717) is 26.4 Å². The van der Waals surface area contributed by atoms with Crippen molar-refractivity contribution in [2.24, 2.45) is 0 Å². The molecule has 7 nitrogen and oxygen atoms in total. The molecule has 2 aromatic rings. The van der Waals surface area contributed by atoms with Crippen molar-refractivity contribution in [2.45, 2.75) is 0 Å². The molecular formula is C17H13BBrClN2O5. The summed E-state index contributed by atoms with van der Waals surface area (Å²) in [7, 11) is -0.936. The second-order valence-corrected chi connectivity index (χ2v) is 6.85. The zero-order valence-corrected chi connectivity index (χ0v) is 16.2. The Morgan fingerprint density at radius 3 is 2.70 bits per heavy atom. The van der Waals surface area contributed by atoms with Crippen molar-refractivity contribution in [3.8, 4) is 5.75 Å². The molecule has 0 unspecified atom stereocenters. The highest BCUT2D eigenvalue weighted by atomic mass is 79.9. The van der Waals surface area contributed by atoms with Crippen LogP contribution in [0.15, 0.2) is 46.9 Å². The first-order valence-corrected chi connectivity index (χ1v) is 9.08. The van der Waals surface area contributed by atoms with Crippen LogP contribution in [-0.4, -0.2) is 37.9 Å². The van der Waals surface area contributed by atoms with Gasteiger partial charge in [-0.05, 0) is 46.3 Å². The topological polar surface area (TPSA) is 93.7 Å². The fraction of sp³-hybridized carbons (Fsp3) is 0.118. The second kappa shape index (κ2) is 8.45. The molecule has 27 heavy (non-hydrogen) atoms. The lowest BCUT2D eigenvalue weighted by Crippen LogP contribution is -2.47. The first kappa shape index (κ1) is 19.3. The fourth-order valence-electron chi connectivity index (χ4n) is 2.36. The molecule has 0 saturated heterocycles. The van der Waals surface area contributed by atoms with Crippen LogP contribution < -0.4 is 15.3 Å². The molecule has 0 aliphatic carbocycles. The molecule has 0 saturated carbocycles. The van der Waals surface area contributed by atoms with E-state index in [-0.39, 0.29) is 13.0 Å². The predicted molar refractivity (Wildman–Crippen MR) is 103 cm³/mol. The first-order chi connectivity index (χ1) is 12.9. The number of carbonyl (C=O) groups excluding carboxylic acids is 3. The van der Waals surface area contributed by atoms with E-state index in [1.54, 1.807) is 36.4 Å². The van der Waals surface area contributed by atoms with Crippen LogP contribution in [-0.2, 0) is 9.45 Å². The van der Waals surface area contributed by atoms with Crippen LogP contribution in [0, 0.1) is 0 Å². The number of nitrogens with one attached hydrogen (secondary N) is 2. The van der Waals surface area contributed by atoms with Crippen molar-refractivity contribution in [1.82, 2.24) is 10.6 Å². The molecule has 3 rings (SSSR count). The monoisotopic (exact) mass is 450 g/mol. The molecule has 1 aliphatic rings. The number of halogens is 2. The Kier molecular flexibility index (Phi) is 6.03. The summed E-state index contributed by atoms with van der Waals surface area (Å²) in [5.41, 5.74) is 0.649. The van der Waals surface area contributed by atoms with Gasteiger partial charge >= 0.3 is 13.1 Å². The standard InChI is InChI=1S/C17H13BBrClN2O5/c19-13-6-5-10(20)7-12(13)16(24)21-8-15(23)22-9-18-26-14-4-2-1-3-11(14)17(25)27-18/h1-7H,8-9H2,(H,21,24)(H,22,23). The molecule has 0 fully saturated rings. The van der Waals surface area contributed by atoms with Crippen LogP contribution >= 0.6 is 27.5 Å². The van der Waals surface area contributed by atoms with Crippen molar-refractivity contribution in [1.29, 1.82) is 0 Å². The maximum atomic E-state index is 12.1. The smallest absolute Gasteiger partial charge is 0.524 e. The van der Waals surface area contributed by atoms with Gasteiger partial charge in [0.05, 0.1) is 24.1 Å². The van der Waals surface area contributed by atoms with Crippen molar-refractivity contribution >= 4 is 52.4 Å². The van der Waals surface area contributed by atoms with Gasteiger partial charge in [0, 0.05) is 9.50 Å². The highest BCUT2D eigenvalue weighted by molar-refractivity contribution is 9.10. The minimum Gasteiger partial charge on any atom is -0.524 e. The zero-order chi connectivity index (χ0) is 19.4. The number of amides is 2. The summed E-state index contributed by atoms with van der Waals surface area (Å²) in [5, 5.41) is 5.44. The number of rotatable bonds is 5. The number of hydrogen-bond acceptors (Lipinski definition) is 5. The first-order valence-electron chi connectivity index (χ1n) is 7.90. The Hall–Kier alpha value is -2.52. The minimum absolute atomic E-state index is 0.0460. The summed E-state index contributed by atoms with van der Waals surface area (Å²) < 4.78 is 11.2. The van der Waals surface area contributed by atoms with E-state index >= 15 is 0 Å². The molecule has 138 valence electrons. The third kappa shape index (κ3) is 4.81. The van der Waals surface area contributed by atoms with E-state index in [9.17, 15) is 14.4 Å². The molecule has 0 radical (unpaired) electrons. The Labute approximate surface area is 168 Å². The summed E-state index contributed by atoms with van der Waals surface area (Å²) in [6.07, 6.45) is -0.0460. The number of hydrogen-bond donors (Lipinski definition) is 2. The van der Waals surface area contributed by atoms with Gasteiger partial charge in [-0.3, -0.25) is 9.59 Å². The van der Waals surface area contributed by atoms with Gasteiger partial charge in [0.2, 0.25) is 5.91 Å². The number of benzene rings is 2. The van der Waals surface area contributed by atoms with Crippen molar-refractivity contribution in [2.75, 3.05) is 13.0 Å². The molecule has 0 atom stereocenters. The van der Waals surface area contributed by atoms with Crippen LogP contribution in [0.2, 0.25) is 5.02 Å². The van der Waals surface area contributed by atoms with Gasteiger partial charge in [-0.1, -0.05) is 23.7 Å². The summed E-state index contributed by atoms with van der Waals surface area (Å²) in [6, 6.07) is 11.4. The van der Waals surface area contributed by atoms with E-state index in [4.69, 9.17) is 20.9 Å². The molecule has 2 amide bonds. The van der Waals surface area contributed by atoms with Crippen LogP contribution in [0.4, 0.5) is 0 Å². The van der Waals surface area contributed by atoms with Gasteiger partial charge in [-0.2, -0.15) is 0 Å². The molecular weight excluding hydrogens is 438 g/mol. The number of carbonyl (C=O) groups is 3. The molecule has 1 heterocycles. The lowest BCUT2D eigenvalue weighted by molar-refractivity contribution is -0.119. The van der Waals surface area contributed by atoms with Gasteiger partial charge in [0.15, 0.2) is 0 Å². The molecule has 10 heteroatoms. The Morgan fingerprint density at radius 2 is 1.89 bits per heavy atom. The Bertz CT molecular complexity index is 911. The summed E-state index contributed by atoms with van der Waals surface area (Å²) in [4.78, 5) is 36.0. The summed E-state index contributed by atoms with van der Waals surface area (Å²) >= 11 is 9.13. The molecule has 2 aromatic carbocycles. The van der Waals surface area contributed by atoms with E-state index in [1.165, 1.54) is 6.07 Å². The average Bonchev–Trinajstić information content (AvgIpc) is 2.66. The summed E-state index contributed by atoms with van der Waals surface area (Å²) in [5.74, 6) is -1.03. The largest absolute Gasteiger partial charge is 0.617 e. The average molecular weight is 451 g/mol. The third-order valence-electron chi connectivity index (χ3n) is 3.65. The fourth-order valence-corrected chi connectivity index (χ4v) is 2.96. The van der Waals surface area contributed by atoms with Gasteiger partial charge in [0.1, 0.15) is 5.75 Å². The quantitative estimate of drug-likeness (QED) is 0.680. The number of fused-ring (bicyclic) bond motifs is 1. The van der Waals surface area contributed by atoms with Crippen molar-refractivity contribution < 1.29 is 23.7 Å². The number of para-hydroxylation sites is 1. The maximum absolute atomic E-state index is 12.1. The van der Waals surface area contributed by atoms with E-state index < -0.39 is 24.9 Å². The second-order valence-electron chi connectivity index (χ2n) is 5.56. The molecule has 2 N–H and O–H groups in total. The van der Waals surface area contributed by atoms with E-state index in [0.717, 1.165) is 0 Å². The molecule has 1 aliphatic heterocycles. The predicted octanol–water partition coefficient (Wildman–Crippen LogP) is 2.23. The molecule has 0 aromatic heterocycles. The molecule has 0 spiro atoms. The van der Waals surface area contributed by atoms with Crippen molar-refractivity contribution in [3.63, 3.8) is 0 Å². The normalized spacial score (nSPS) is 12.5.